The van der Waals surface area contributed by atoms with Gasteiger partial charge in [-0.1, -0.05) is 0 Å². The van der Waals surface area contributed by atoms with Crippen LogP contribution in [0.2, 0.25) is 0 Å². The van der Waals surface area contributed by atoms with Gasteiger partial charge in [-0.2, -0.15) is 0 Å². The molecule has 1 radical (unpaired) electrons. The maximum Gasteiger partial charge on any atom is 0.172 e. The van der Waals surface area contributed by atoms with E-state index in [4.69, 9.17) is 9.84 Å². The van der Waals surface area contributed by atoms with Crippen LogP contribution < -0.4 is 4.74 Å². The van der Waals surface area contributed by atoms with Gasteiger partial charge in [0.05, 0.1) is 13.2 Å². The van der Waals surface area contributed by atoms with E-state index in [0.717, 1.165) is 0 Å². The highest BCUT2D eigenvalue weighted by molar-refractivity contribution is 5.48. The van der Waals surface area contributed by atoms with E-state index in [2.05, 4.69) is 6.07 Å². The molecule has 0 unspecified atom stereocenters. The fourth-order valence-corrected chi connectivity index (χ4v) is 0.812. The Balaban J connectivity index is 3.24. The first-order valence-corrected chi connectivity index (χ1v) is 3.14. The molecule has 0 aliphatic rings. The molecule has 0 saturated carbocycles. The summed E-state index contributed by atoms with van der Waals surface area (Å²) in [7, 11) is 1.41. The standard InChI is InChI=1S/C8H9O3/c1-5-3-6(9)4-7(11-2)8(5)10/h3,9-10H,1-2H3. The zero-order valence-electron chi connectivity index (χ0n) is 6.38. The van der Waals surface area contributed by atoms with Crippen molar-refractivity contribution in [3.05, 3.63) is 17.7 Å². The smallest absolute Gasteiger partial charge is 0.172 e. The molecule has 3 nitrogen and oxygen atoms in total. The zero-order chi connectivity index (χ0) is 8.43. The van der Waals surface area contributed by atoms with Gasteiger partial charge >= 0.3 is 0 Å². The Morgan fingerprint density at radius 2 is 2.09 bits per heavy atom. The second-order valence-corrected chi connectivity index (χ2v) is 2.22. The summed E-state index contributed by atoms with van der Waals surface area (Å²) in [6, 6.07) is 3.86. The predicted molar refractivity (Wildman–Crippen MR) is 39.9 cm³/mol. The summed E-state index contributed by atoms with van der Waals surface area (Å²) in [4.78, 5) is 0. The highest BCUT2D eigenvalue weighted by atomic mass is 16.5. The first-order chi connectivity index (χ1) is 5.15. The van der Waals surface area contributed by atoms with Crippen molar-refractivity contribution in [2.24, 2.45) is 0 Å². The molecule has 0 atom stereocenters. The van der Waals surface area contributed by atoms with Crippen molar-refractivity contribution in [1.29, 1.82) is 0 Å². The largest absolute Gasteiger partial charge is 0.507 e. The van der Waals surface area contributed by atoms with E-state index in [1.54, 1.807) is 6.92 Å². The Bertz CT molecular complexity index is 268. The van der Waals surface area contributed by atoms with Gasteiger partial charge in [-0.15, -0.1) is 0 Å². The fourth-order valence-electron chi connectivity index (χ4n) is 0.812. The molecule has 0 heterocycles. The molecule has 1 rings (SSSR count). The molecule has 59 valence electrons. The van der Waals surface area contributed by atoms with E-state index in [1.165, 1.54) is 13.2 Å². The van der Waals surface area contributed by atoms with Crippen LogP contribution in [0.3, 0.4) is 0 Å². The van der Waals surface area contributed by atoms with Gasteiger partial charge in [0, 0.05) is 0 Å². The van der Waals surface area contributed by atoms with Gasteiger partial charge in [0.25, 0.3) is 0 Å². The Morgan fingerprint density at radius 3 is 2.64 bits per heavy atom. The lowest BCUT2D eigenvalue weighted by atomic mass is 10.2. The maximum atomic E-state index is 9.25. The second-order valence-electron chi connectivity index (χ2n) is 2.22. The summed E-state index contributed by atoms with van der Waals surface area (Å²) < 4.78 is 4.74. The normalized spacial score (nSPS) is 9.64. The van der Waals surface area contributed by atoms with Crippen LogP contribution in [-0.4, -0.2) is 17.3 Å². The Morgan fingerprint density at radius 1 is 1.45 bits per heavy atom. The quantitative estimate of drug-likeness (QED) is 0.596. The molecule has 0 saturated heterocycles. The summed E-state index contributed by atoms with van der Waals surface area (Å²) in [6.45, 7) is 1.67. The van der Waals surface area contributed by atoms with Crippen LogP contribution in [0.1, 0.15) is 5.56 Å². The number of benzene rings is 1. The summed E-state index contributed by atoms with van der Waals surface area (Å²) in [6.07, 6.45) is 0. The molecule has 0 bridgehead atoms. The molecule has 0 fully saturated rings. The van der Waals surface area contributed by atoms with Crippen LogP contribution >= 0.6 is 0 Å². The maximum absolute atomic E-state index is 9.25. The Hall–Kier alpha value is -1.38. The van der Waals surface area contributed by atoms with Crippen molar-refractivity contribution in [3.63, 3.8) is 0 Å². The van der Waals surface area contributed by atoms with Crippen molar-refractivity contribution < 1.29 is 14.9 Å². The fraction of sp³-hybridized carbons (Fsp3) is 0.250. The lowest BCUT2D eigenvalue weighted by Gasteiger charge is -2.05. The number of hydrogen-bond acceptors (Lipinski definition) is 3. The van der Waals surface area contributed by atoms with Gasteiger partial charge in [0.15, 0.2) is 11.5 Å². The summed E-state index contributed by atoms with van der Waals surface area (Å²) >= 11 is 0. The van der Waals surface area contributed by atoms with Crippen LogP contribution in [0.15, 0.2) is 6.07 Å². The summed E-state index contributed by atoms with van der Waals surface area (Å²) in [5.74, 6) is 0.157. The highest BCUT2D eigenvalue weighted by Crippen LogP contribution is 2.32. The molecule has 0 spiro atoms. The van der Waals surface area contributed by atoms with Crippen LogP contribution in [0, 0.1) is 13.0 Å². The SMILES string of the molecule is COc1[c]c(O)cc(C)c1O. The monoisotopic (exact) mass is 153 g/mol. The van der Waals surface area contributed by atoms with Crippen LogP contribution in [0.5, 0.6) is 17.2 Å². The third-order valence-corrected chi connectivity index (χ3v) is 1.39. The third kappa shape index (κ3) is 1.37. The molecule has 11 heavy (non-hydrogen) atoms. The number of ether oxygens (including phenoxy) is 1. The van der Waals surface area contributed by atoms with E-state index >= 15 is 0 Å². The van der Waals surface area contributed by atoms with Gasteiger partial charge in [-0.05, 0) is 18.6 Å². The lowest BCUT2D eigenvalue weighted by Crippen LogP contribution is -1.85. The van der Waals surface area contributed by atoms with Crippen molar-refractivity contribution in [2.45, 2.75) is 6.92 Å². The molecule has 2 N–H and O–H groups in total. The van der Waals surface area contributed by atoms with Crippen LogP contribution in [-0.2, 0) is 0 Å². The minimum atomic E-state index is -0.0304. The summed E-state index contributed by atoms with van der Waals surface area (Å²) in [5, 5.41) is 18.3. The average molecular weight is 153 g/mol. The lowest BCUT2D eigenvalue weighted by molar-refractivity contribution is 0.365. The van der Waals surface area contributed by atoms with Gasteiger partial charge in [-0.3, -0.25) is 0 Å². The molecule has 0 aliphatic carbocycles. The molecule has 0 aliphatic heterocycles. The number of rotatable bonds is 1. The average Bonchev–Trinajstić information content (AvgIpc) is 1.96. The van der Waals surface area contributed by atoms with Gasteiger partial charge in [-0.25, -0.2) is 0 Å². The minimum absolute atomic E-state index is 0.0188. The van der Waals surface area contributed by atoms with Crippen LogP contribution in [0.25, 0.3) is 0 Å². The van der Waals surface area contributed by atoms with Crippen molar-refractivity contribution in [3.8, 4) is 17.2 Å². The number of hydrogen-bond donors (Lipinski definition) is 2. The molecule has 1 aromatic carbocycles. The number of aromatic hydroxyl groups is 2. The molecule has 0 aromatic heterocycles. The van der Waals surface area contributed by atoms with Crippen molar-refractivity contribution in [1.82, 2.24) is 0 Å². The highest BCUT2D eigenvalue weighted by Gasteiger charge is 2.06. The first-order valence-electron chi connectivity index (χ1n) is 3.14. The number of methoxy groups -OCH3 is 1. The number of phenolic OH excluding ortho intramolecular Hbond substituents is 2. The van der Waals surface area contributed by atoms with E-state index in [0.29, 0.717) is 5.56 Å². The second kappa shape index (κ2) is 2.70. The van der Waals surface area contributed by atoms with Gasteiger partial charge < -0.3 is 14.9 Å². The Labute approximate surface area is 64.9 Å². The zero-order valence-corrected chi connectivity index (χ0v) is 6.38. The number of aryl methyl sites for hydroxylation is 1. The topological polar surface area (TPSA) is 49.7 Å². The minimum Gasteiger partial charge on any atom is -0.507 e. The Kier molecular flexibility index (Phi) is 1.89. The predicted octanol–water partition coefficient (Wildman–Crippen LogP) is 1.22. The van der Waals surface area contributed by atoms with Crippen LogP contribution in [0.4, 0.5) is 0 Å². The van der Waals surface area contributed by atoms with Crippen molar-refractivity contribution >= 4 is 0 Å². The first kappa shape index (κ1) is 7.72. The van der Waals surface area contributed by atoms with E-state index < -0.39 is 0 Å². The molecule has 3 heteroatoms. The molecular weight excluding hydrogens is 144 g/mol. The van der Waals surface area contributed by atoms with E-state index in [-0.39, 0.29) is 17.2 Å². The molecular formula is C8H9O3. The van der Waals surface area contributed by atoms with Gasteiger partial charge in [0.2, 0.25) is 0 Å². The van der Waals surface area contributed by atoms with E-state index in [9.17, 15) is 5.11 Å². The third-order valence-electron chi connectivity index (χ3n) is 1.39. The molecule has 1 aromatic rings. The van der Waals surface area contributed by atoms with E-state index in [1.807, 2.05) is 0 Å². The van der Waals surface area contributed by atoms with Crippen molar-refractivity contribution in [2.75, 3.05) is 7.11 Å². The summed E-state index contributed by atoms with van der Waals surface area (Å²) in [5.41, 5.74) is 0.568. The molecule has 0 amide bonds. The van der Waals surface area contributed by atoms with Gasteiger partial charge in [0.1, 0.15) is 5.75 Å². The number of phenols is 2.